The van der Waals surface area contributed by atoms with E-state index < -0.39 is 4.92 Å². The molecule has 2 aromatic carbocycles. The van der Waals surface area contributed by atoms with Gasteiger partial charge >= 0.3 is 0 Å². The van der Waals surface area contributed by atoms with E-state index in [2.05, 4.69) is 0 Å². The predicted molar refractivity (Wildman–Crippen MR) is 78.5 cm³/mol. The molecule has 1 aromatic heterocycles. The molecule has 0 atom stereocenters. The van der Waals surface area contributed by atoms with Crippen LogP contribution in [0.2, 0.25) is 0 Å². The van der Waals surface area contributed by atoms with Crippen molar-refractivity contribution in [3.05, 3.63) is 62.9 Å². The normalized spacial score (nSPS) is 10.8. The number of hydrogen-bond acceptors (Lipinski definition) is 5. The van der Waals surface area contributed by atoms with Gasteiger partial charge in [0.1, 0.15) is 0 Å². The number of nitro benzene ring substituents is 1. The van der Waals surface area contributed by atoms with E-state index in [1.807, 2.05) is 18.2 Å². The minimum atomic E-state index is -0.521. The number of nitrogens with two attached hydrogens (primary N) is 1. The van der Waals surface area contributed by atoms with Gasteiger partial charge in [0.15, 0.2) is 0 Å². The number of benzene rings is 2. The summed E-state index contributed by atoms with van der Waals surface area (Å²) in [5.41, 5.74) is 6.24. The van der Waals surface area contributed by atoms with E-state index in [4.69, 9.17) is 5.73 Å². The lowest BCUT2D eigenvalue weighted by Crippen LogP contribution is -2.11. The highest BCUT2D eigenvalue weighted by Gasteiger charge is 2.17. The van der Waals surface area contributed by atoms with Gasteiger partial charge in [-0.25, -0.2) is 3.96 Å². The highest BCUT2D eigenvalue weighted by molar-refractivity contribution is 7.14. The Hall–Kier alpha value is -2.67. The number of non-ortho nitro benzene ring substituents is 1. The number of rotatable bonds is 2. The highest BCUT2D eigenvalue weighted by Crippen LogP contribution is 2.29. The molecule has 0 unspecified atom stereocenters. The number of hydrogen-bond donors (Lipinski definition) is 1. The van der Waals surface area contributed by atoms with E-state index in [0.717, 1.165) is 11.5 Å². The zero-order chi connectivity index (χ0) is 14.3. The van der Waals surface area contributed by atoms with Crippen LogP contribution in [0.1, 0.15) is 0 Å². The molecule has 0 spiro atoms. The number of nitrogens with zero attached hydrogens (tertiary/aromatic N) is 2. The average Bonchev–Trinajstić information content (AvgIpc) is 2.77. The van der Waals surface area contributed by atoms with Crippen LogP contribution in [0, 0.1) is 10.1 Å². The second-order valence-corrected chi connectivity index (χ2v) is 5.18. The van der Waals surface area contributed by atoms with Crippen molar-refractivity contribution in [3.63, 3.8) is 0 Å². The fourth-order valence-electron chi connectivity index (χ4n) is 2.00. The maximum absolute atomic E-state index is 12.4. The largest absolute Gasteiger partial charge is 0.398 e. The van der Waals surface area contributed by atoms with Crippen molar-refractivity contribution in [2.45, 2.75) is 0 Å². The third-order valence-electron chi connectivity index (χ3n) is 2.91. The molecule has 0 fully saturated rings. The summed E-state index contributed by atoms with van der Waals surface area (Å²) in [7, 11) is 0. The van der Waals surface area contributed by atoms with Crippen LogP contribution >= 0.6 is 11.5 Å². The molecule has 7 heteroatoms. The zero-order valence-corrected chi connectivity index (χ0v) is 11.0. The standard InChI is InChI=1S/C13H9N3O3S/c14-10-6-9(16(18)19)7-11-12(10)13(17)15(20-11)8-4-2-1-3-5-8/h1-7H,14H2. The Morgan fingerprint density at radius 1 is 1.20 bits per heavy atom. The second kappa shape index (κ2) is 4.46. The lowest BCUT2D eigenvalue weighted by atomic mass is 10.2. The number of aromatic nitrogens is 1. The van der Waals surface area contributed by atoms with Crippen molar-refractivity contribution < 1.29 is 4.92 Å². The number of nitro groups is 1. The summed E-state index contributed by atoms with van der Waals surface area (Å²) in [6.07, 6.45) is 0. The van der Waals surface area contributed by atoms with Crippen LogP contribution in [0.25, 0.3) is 15.8 Å². The van der Waals surface area contributed by atoms with Crippen molar-refractivity contribution in [1.29, 1.82) is 0 Å². The molecule has 100 valence electrons. The maximum Gasteiger partial charge on any atom is 0.275 e. The Balaban J connectivity index is 2.33. The number of fused-ring (bicyclic) bond motifs is 1. The van der Waals surface area contributed by atoms with Crippen molar-refractivity contribution in [3.8, 4) is 5.69 Å². The van der Waals surface area contributed by atoms with Gasteiger partial charge in [0, 0.05) is 12.1 Å². The van der Waals surface area contributed by atoms with Gasteiger partial charge in [-0.1, -0.05) is 29.7 Å². The second-order valence-electron chi connectivity index (χ2n) is 4.19. The molecule has 3 rings (SSSR count). The third-order valence-corrected chi connectivity index (χ3v) is 3.98. The Morgan fingerprint density at radius 2 is 1.90 bits per heavy atom. The van der Waals surface area contributed by atoms with Crippen LogP contribution in [0.5, 0.6) is 0 Å². The molecule has 3 aromatic rings. The molecule has 0 aliphatic rings. The molecular weight excluding hydrogens is 278 g/mol. The van der Waals surface area contributed by atoms with Crippen LogP contribution < -0.4 is 11.3 Å². The van der Waals surface area contributed by atoms with E-state index in [1.54, 1.807) is 12.1 Å². The minimum absolute atomic E-state index is 0.114. The van der Waals surface area contributed by atoms with Crippen molar-refractivity contribution >= 4 is 33.0 Å². The van der Waals surface area contributed by atoms with Crippen LogP contribution in [0.4, 0.5) is 11.4 Å². The minimum Gasteiger partial charge on any atom is -0.398 e. The topological polar surface area (TPSA) is 91.2 Å². The van der Waals surface area contributed by atoms with E-state index in [0.29, 0.717) is 15.8 Å². The molecule has 0 aliphatic heterocycles. The smallest absolute Gasteiger partial charge is 0.275 e. The molecular formula is C13H9N3O3S. The fourth-order valence-corrected chi connectivity index (χ4v) is 3.07. The van der Waals surface area contributed by atoms with Crippen LogP contribution in [0.15, 0.2) is 47.3 Å². The monoisotopic (exact) mass is 287 g/mol. The van der Waals surface area contributed by atoms with Crippen LogP contribution in [-0.2, 0) is 0 Å². The summed E-state index contributed by atoms with van der Waals surface area (Å²) in [6, 6.07) is 11.7. The van der Waals surface area contributed by atoms with Gasteiger partial charge in [0.25, 0.3) is 11.2 Å². The molecule has 0 bridgehead atoms. The molecule has 0 aliphatic carbocycles. The first kappa shape index (κ1) is 12.4. The summed E-state index contributed by atoms with van der Waals surface area (Å²) < 4.78 is 1.98. The molecule has 0 saturated carbocycles. The van der Waals surface area contributed by atoms with E-state index in [9.17, 15) is 14.9 Å². The van der Waals surface area contributed by atoms with E-state index in [1.165, 1.54) is 16.1 Å². The molecule has 6 nitrogen and oxygen atoms in total. The SMILES string of the molecule is Nc1cc([N+](=O)[O-])cc2sn(-c3ccccc3)c(=O)c12. The Morgan fingerprint density at radius 3 is 2.55 bits per heavy atom. The summed E-state index contributed by atoms with van der Waals surface area (Å²) >= 11 is 1.14. The van der Waals surface area contributed by atoms with Gasteiger partial charge in [-0.3, -0.25) is 14.9 Å². The summed E-state index contributed by atoms with van der Waals surface area (Å²) in [6.45, 7) is 0. The highest BCUT2D eigenvalue weighted by atomic mass is 32.1. The fraction of sp³-hybridized carbons (Fsp3) is 0. The van der Waals surface area contributed by atoms with E-state index >= 15 is 0 Å². The summed E-state index contributed by atoms with van der Waals surface area (Å²) in [5, 5.41) is 11.2. The molecule has 2 N–H and O–H groups in total. The first-order valence-corrected chi connectivity index (χ1v) is 6.50. The van der Waals surface area contributed by atoms with Crippen molar-refractivity contribution in [2.24, 2.45) is 0 Å². The lowest BCUT2D eigenvalue weighted by molar-refractivity contribution is -0.384. The first-order valence-electron chi connectivity index (χ1n) is 5.73. The molecule has 20 heavy (non-hydrogen) atoms. The number of nitrogen functional groups attached to an aromatic ring is 1. The molecule has 0 amide bonds. The number of para-hydroxylation sites is 1. The van der Waals surface area contributed by atoms with Crippen LogP contribution in [0.3, 0.4) is 0 Å². The molecule has 1 heterocycles. The van der Waals surface area contributed by atoms with E-state index in [-0.39, 0.29) is 16.9 Å². The van der Waals surface area contributed by atoms with Gasteiger partial charge in [-0.15, -0.1) is 0 Å². The number of anilines is 1. The van der Waals surface area contributed by atoms with Gasteiger partial charge in [-0.2, -0.15) is 0 Å². The predicted octanol–water partition coefficient (Wildman–Crippen LogP) is 2.54. The lowest BCUT2D eigenvalue weighted by Gasteiger charge is -1.97. The Kier molecular flexibility index (Phi) is 2.76. The third kappa shape index (κ3) is 1.84. The van der Waals surface area contributed by atoms with Gasteiger partial charge < -0.3 is 5.73 Å². The first-order chi connectivity index (χ1) is 9.58. The molecule has 0 radical (unpaired) electrons. The zero-order valence-electron chi connectivity index (χ0n) is 10.1. The molecule has 0 saturated heterocycles. The van der Waals surface area contributed by atoms with Gasteiger partial charge in [0.05, 0.1) is 26.4 Å². The van der Waals surface area contributed by atoms with Crippen molar-refractivity contribution in [2.75, 3.05) is 5.73 Å². The summed E-state index contributed by atoms with van der Waals surface area (Å²) in [5.74, 6) is 0. The van der Waals surface area contributed by atoms with Crippen molar-refractivity contribution in [1.82, 2.24) is 3.96 Å². The Bertz CT molecular complexity index is 868. The van der Waals surface area contributed by atoms with Gasteiger partial charge in [-0.05, 0) is 12.1 Å². The maximum atomic E-state index is 12.4. The Labute approximate surface area is 117 Å². The average molecular weight is 287 g/mol. The quantitative estimate of drug-likeness (QED) is 0.445. The summed E-state index contributed by atoms with van der Waals surface area (Å²) in [4.78, 5) is 22.7. The van der Waals surface area contributed by atoms with Gasteiger partial charge in [0.2, 0.25) is 0 Å². The van der Waals surface area contributed by atoms with Crippen LogP contribution in [-0.4, -0.2) is 8.88 Å².